The molecule has 186 valence electrons. The Morgan fingerprint density at radius 3 is 2.68 bits per heavy atom. The largest absolute Gasteiger partial charge is 0.338 e. The van der Waals surface area contributed by atoms with E-state index >= 15 is 0 Å². The first-order valence-corrected chi connectivity index (χ1v) is 12.7. The molecule has 6 rings (SSSR count). The second-order valence-corrected chi connectivity index (χ2v) is 10.1. The summed E-state index contributed by atoms with van der Waals surface area (Å²) >= 11 is 3.46. The van der Waals surface area contributed by atoms with Gasteiger partial charge in [-0.2, -0.15) is 4.98 Å². The predicted molar refractivity (Wildman–Crippen MR) is 154 cm³/mol. The molecular weight excluding hydrogens is 543 g/mol. The number of aromatic nitrogens is 5. The van der Waals surface area contributed by atoms with Crippen molar-refractivity contribution in [3.63, 3.8) is 0 Å². The third-order valence-electron chi connectivity index (χ3n) is 6.55. The van der Waals surface area contributed by atoms with Crippen molar-refractivity contribution in [2.75, 3.05) is 22.2 Å². The van der Waals surface area contributed by atoms with Crippen LogP contribution in [-0.4, -0.2) is 45.8 Å². The monoisotopic (exact) mass is 564 g/mol. The number of H-pyrrole nitrogens is 1. The molecular formula is C27H22BBrN8O. The Balaban J connectivity index is 1.32. The van der Waals surface area contributed by atoms with Gasteiger partial charge in [-0.15, -0.1) is 0 Å². The maximum absolute atomic E-state index is 13.5. The second-order valence-electron chi connectivity index (χ2n) is 9.26. The summed E-state index contributed by atoms with van der Waals surface area (Å²) in [6, 6.07) is 13.3. The number of carbonyl (C=O) groups is 1. The van der Waals surface area contributed by atoms with Crippen LogP contribution in [0, 0.1) is 13.8 Å². The van der Waals surface area contributed by atoms with Crippen LogP contribution in [-0.2, 0) is 6.54 Å². The maximum Gasteiger partial charge on any atom is 0.330 e. The highest BCUT2D eigenvalue weighted by molar-refractivity contribution is 9.10. The predicted octanol–water partition coefficient (Wildman–Crippen LogP) is 4.91. The summed E-state index contributed by atoms with van der Waals surface area (Å²) in [6.07, 6.45) is 3.48. The number of nitrogens with zero attached hydrogens (tertiary/aromatic N) is 6. The van der Waals surface area contributed by atoms with Gasteiger partial charge in [-0.25, -0.2) is 14.8 Å². The number of amides is 2. The fourth-order valence-corrected chi connectivity index (χ4v) is 4.79. The van der Waals surface area contributed by atoms with E-state index in [1.54, 1.807) is 29.2 Å². The van der Waals surface area contributed by atoms with Gasteiger partial charge in [0.05, 0.1) is 29.5 Å². The van der Waals surface area contributed by atoms with Crippen molar-refractivity contribution in [2.24, 2.45) is 0 Å². The summed E-state index contributed by atoms with van der Waals surface area (Å²) in [5, 5.41) is 3.15. The number of fused-ring (bicyclic) bond motifs is 2. The zero-order valence-electron chi connectivity index (χ0n) is 21.0. The third kappa shape index (κ3) is 4.28. The number of anilines is 4. The van der Waals surface area contributed by atoms with Crippen LogP contribution in [0.25, 0.3) is 22.4 Å². The molecule has 0 saturated carbocycles. The molecule has 3 aromatic heterocycles. The van der Waals surface area contributed by atoms with Crippen molar-refractivity contribution in [1.29, 1.82) is 0 Å². The first-order chi connectivity index (χ1) is 18.3. The SMILES string of the molecule is [B]c1cc2[nH]c(-c3ccc(C)c(N4Cc5cnc(Nc6ccc(C)nc6)nc5N(C)C4=O)c3)nc2cc1Br. The van der Waals surface area contributed by atoms with Gasteiger partial charge in [0.15, 0.2) is 0 Å². The van der Waals surface area contributed by atoms with Crippen molar-refractivity contribution in [2.45, 2.75) is 20.4 Å². The number of benzene rings is 2. The van der Waals surface area contributed by atoms with Crippen molar-refractivity contribution in [1.82, 2.24) is 24.9 Å². The number of nitrogens with one attached hydrogen (secondary N) is 2. The van der Waals surface area contributed by atoms with Crippen LogP contribution in [0.2, 0.25) is 0 Å². The topological polar surface area (TPSA) is 103 Å². The Morgan fingerprint density at radius 2 is 1.89 bits per heavy atom. The summed E-state index contributed by atoms with van der Waals surface area (Å²) in [4.78, 5) is 38.3. The van der Waals surface area contributed by atoms with Crippen molar-refractivity contribution >= 4 is 69.4 Å². The molecule has 0 aliphatic carbocycles. The van der Waals surface area contributed by atoms with E-state index < -0.39 is 0 Å². The second kappa shape index (κ2) is 9.25. The van der Waals surface area contributed by atoms with Gasteiger partial charge in [0.2, 0.25) is 5.95 Å². The highest BCUT2D eigenvalue weighted by Crippen LogP contribution is 2.34. The molecule has 0 fully saturated rings. The molecule has 2 N–H and O–H groups in total. The molecule has 2 radical (unpaired) electrons. The lowest BCUT2D eigenvalue weighted by Gasteiger charge is -2.35. The molecule has 11 heteroatoms. The van der Waals surface area contributed by atoms with E-state index in [4.69, 9.17) is 12.8 Å². The van der Waals surface area contributed by atoms with Gasteiger partial charge in [0, 0.05) is 40.2 Å². The van der Waals surface area contributed by atoms with E-state index in [1.165, 1.54) is 0 Å². The normalized spacial score (nSPS) is 13.2. The Bertz CT molecular complexity index is 1680. The molecule has 9 nitrogen and oxygen atoms in total. The molecule has 1 aliphatic heterocycles. The number of rotatable bonds is 4. The van der Waals surface area contributed by atoms with Gasteiger partial charge in [-0.1, -0.05) is 33.5 Å². The average Bonchev–Trinajstić information content (AvgIpc) is 3.31. The van der Waals surface area contributed by atoms with Gasteiger partial charge < -0.3 is 10.3 Å². The number of urea groups is 1. The van der Waals surface area contributed by atoms with Gasteiger partial charge in [-0.3, -0.25) is 14.8 Å². The molecule has 0 atom stereocenters. The van der Waals surface area contributed by atoms with Gasteiger partial charge in [0.25, 0.3) is 0 Å². The minimum Gasteiger partial charge on any atom is -0.338 e. The van der Waals surface area contributed by atoms with Crippen LogP contribution in [0.4, 0.5) is 27.9 Å². The first-order valence-electron chi connectivity index (χ1n) is 11.9. The van der Waals surface area contributed by atoms with Crippen LogP contribution >= 0.6 is 15.9 Å². The average molecular weight is 565 g/mol. The number of pyridine rings is 1. The number of carbonyl (C=O) groups excluding carboxylic acids is 1. The molecule has 0 unspecified atom stereocenters. The maximum atomic E-state index is 13.5. The minimum absolute atomic E-state index is 0.180. The van der Waals surface area contributed by atoms with E-state index in [2.05, 4.69) is 41.2 Å². The minimum atomic E-state index is -0.180. The van der Waals surface area contributed by atoms with Crippen LogP contribution in [0.3, 0.4) is 0 Å². The van der Waals surface area contributed by atoms with Crippen LogP contribution in [0.5, 0.6) is 0 Å². The number of imidazole rings is 1. The zero-order chi connectivity index (χ0) is 26.6. The Hall–Kier alpha value is -4.25. The van der Waals surface area contributed by atoms with Crippen LogP contribution in [0.1, 0.15) is 16.8 Å². The lowest BCUT2D eigenvalue weighted by atomic mass is 9.96. The lowest BCUT2D eigenvalue weighted by molar-refractivity contribution is 0.251. The first kappa shape index (κ1) is 24.1. The number of hydrogen-bond acceptors (Lipinski definition) is 6. The number of aromatic amines is 1. The molecule has 0 spiro atoms. The Kier molecular flexibility index (Phi) is 5.87. The molecule has 0 bridgehead atoms. The quantitative estimate of drug-likeness (QED) is 0.301. The highest BCUT2D eigenvalue weighted by Gasteiger charge is 2.31. The Morgan fingerprint density at radius 1 is 1.05 bits per heavy atom. The number of aryl methyl sites for hydroxylation is 2. The zero-order valence-corrected chi connectivity index (χ0v) is 22.5. The Labute approximate surface area is 228 Å². The lowest BCUT2D eigenvalue weighted by Crippen LogP contribution is -2.46. The summed E-state index contributed by atoms with van der Waals surface area (Å²) in [7, 11) is 7.76. The van der Waals surface area contributed by atoms with Crippen molar-refractivity contribution < 1.29 is 4.79 Å². The summed E-state index contributed by atoms with van der Waals surface area (Å²) in [5.74, 6) is 1.66. The summed E-state index contributed by atoms with van der Waals surface area (Å²) < 4.78 is 0.796. The molecule has 1 aliphatic rings. The molecule has 38 heavy (non-hydrogen) atoms. The molecule has 2 aromatic carbocycles. The van der Waals surface area contributed by atoms with Crippen molar-refractivity contribution in [3.05, 3.63) is 76.2 Å². The molecule has 5 aromatic rings. The van der Waals surface area contributed by atoms with Gasteiger partial charge in [-0.05, 0) is 49.7 Å². The van der Waals surface area contributed by atoms with E-state index in [0.717, 1.165) is 49.3 Å². The van der Waals surface area contributed by atoms with Crippen LogP contribution in [0.15, 0.2) is 59.3 Å². The van der Waals surface area contributed by atoms with E-state index in [0.29, 0.717) is 29.6 Å². The van der Waals surface area contributed by atoms with Gasteiger partial charge in [0.1, 0.15) is 19.5 Å². The molecule has 4 heterocycles. The fourth-order valence-electron chi connectivity index (χ4n) is 4.46. The standard InChI is InChI=1S/C27H22BBrN8O/c1-14-4-6-16(24-33-21-9-19(28)20(29)10-22(21)34-24)8-23(14)37-13-17-11-31-26(35-25(17)36(3)27(37)38)32-18-7-5-15(2)30-12-18/h4-12H,13H2,1-3H3,(H,33,34)(H,31,32,35). The number of halogens is 1. The highest BCUT2D eigenvalue weighted by atomic mass is 79.9. The molecule has 2 amide bonds. The fraction of sp³-hybridized carbons (Fsp3) is 0.148. The summed E-state index contributed by atoms with van der Waals surface area (Å²) in [6.45, 7) is 4.26. The van der Waals surface area contributed by atoms with E-state index in [-0.39, 0.29) is 6.03 Å². The smallest absolute Gasteiger partial charge is 0.330 e. The van der Waals surface area contributed by atoms with Crippen molar-refractivity contribution in [3.8, 4) is 11.4 Å². The number of hydrogen-bond donors (Lipinski definition) is 2. The third-order valence-corrected chi connectivity index (χ3v) is 7.23. The van der Waals surface area contributed by atoms with Gasteiger partial charge >= 0.3 is 6.03 Å². The summed E-state index contributed by atoms with van der Waals surface area (Å²) in [5.41, 5.74) is 7.43. The van der Waals surface area contributed by atoms with Crippen LogP contribution < -0.4 is 20.6 Å². The van der Waals surface area contributed by atoms with E-state index in [1.807, 2.05) is 56.3 Å². The van der Waals surface area contributed by atoms with E-state index in [9.17, 15) is 4.79 Å². The molecule has 0 saturated heterocycles.